The molecule has 0 amide bonds. The van der Waals surface area contributed by atoms with E-state index in [2.05, 4.69) is 39.8 Å². The lowest BCUT2D eigenvalue weighted by Gasteiger charge is -2.37. The minimum Gasteiger partial charge on any atom is -0.340 e. The molecule has 1 aliphatic heterocycles. The van der Waals surface area contributed by atoms with Gasteiger partial charge in [0, 0.05) is 19.3 Å². The fraction of sp³-hybridized carbons (Fsp3) is 0.455. The normalized spacial score (nSPS) is 18.3. The van der Waals surface area contributed by atoms with Crippen molar-refractivity contribution in [2.24, 2.45) is 0 Å². The molecule has 3 heterocycles. The van der Waals surface area contributed by atoms with Gasteiger partial charge in [0.15, 0.2) is 0 Å². The third kappa shape index (κ3) is 1.25. The van der Waals surface area contributed by atoms with Crippen LogP contribution in [0, 0.1) is 6.92 Å². The second-order valence-electron chi connectivity index (χ2n) is 4.36. The Morgan fingerprint density at radius 2 is 2.20 bits per heavy atom. The summed E-state index contributed by atoms with van der Waals surface area (Å²) in [4.78, 5) is 2.32. The molecular formula is C11H14N4. The van der Waals surface area contributed by atoms with Gasteiger partial charge in [-0.25, -0.2) is 0 Å². The summed E-state index contributed by atoms with van der Waals surface area (Å²) in [7, 11) is 2.15. The molecule has 0 saturated carbocycles. The molecule has 0 unspecified atom stereocenters. The summed E-state index contributed by atoms with van der Waals surface area (Å²) >= 11 is 0. The van der Waals surface area contributed by atoms with Crippen LogP contribution >= 0.6 is 0 Å². The maximum atomic E-state index is 4.18. The Hall–Kier alpha value is -1.42. The summed E-state index contributed by atoms with van der Waals surface area (Å²) in [6, 6.07) is 2.66. The Labute approximate surface area is 88.5 Å². The van der Waals surface area contributed by atoms with Crippen LogP contribution in [0.3, 0.4) is 0 Å². The van der Waals surface area contributed by atoms with Crippen molar-refractivity contribution in [3.8, 4) is 0 Å². The molecule has 4 nitrogen and oxygen atoms in total. The smallest absolute Gasteiger partial charge is 0.114 e. The van der Waals surface area contributed by atoms with Crippen LogP contribution in [-0.2, 0) is 0 Å². The van der Waals surface area contributed by atoms with Gasteiger partial charge in [0.05, 0.1) is 17.8 Å². The number of likely N-dealkylation sites (tertiary alicyclic amines) is 1. The van der Waals surface area contributed by atoms with Gasteiger partial charge in [0.1, 0.15) is 5.52 Å². The van der Waals surface area contributed by atoms with Gasteiger partial charge in [-0.2, -0.15) is 5.10 Å². The minimum atomic E-state index is 0.607. The summed E-state index contributed by atoms with van der Waals surface area (Å²) in [6.07, 6.45) is 3.96. The van der Waals surface area contributed by atoms with Gasteiger partial charge in [0.25, 0.3) is 0 Å². The number of nitrogens with zero attached hydrogens (tertiary/aromatic N) is 4. The first-order chi connectivity index (χ1) is 7.25. The Kier molecular flexibility index (Phi) is 1.79. The quantitative estimate of drug-likeness (QED) is 0.697. The predicted octanol–water partition coefficient (Wildman–Crippen LogP) is 1.23. The number of rotatable bonds is 1. The first-order valence-electron chi connectivity index (χ1n) is 5.23. The summed E-state index contributed by atoms with van der Waals surface area (Å²) < 4.78 is 2.33. The lowest BCUT2D eigenvalue weighted by Crippen LogP contribution is -2.44. The molecule has 2 aromatic heterocycles. The van der Waals surface area contributed by atoms with E-state index in [0.717, 1.165) is 18.6 Å². The molecule has 0 atom stereocenters. The molecule has 4 heteroatoms. The molecule has 15 heavy (non-hydrogen) atoms. The number of fused-ring (bicyclic) bond motifs is 1. The van der Waals surface area contributed by atoms with Crippen LogP contribution in [0.5, 0.6) is 0 Å². The monoisotopic (exact) mass is 202 g/mol. The fourth-order valence-corrected chi connectivity index (χ4v) is 2.30. The second kappa shape index (κ2) is 3.03. The van der Waals surface area contributed by atoms with Gasteiger partial charge in [-0.15, -0.1) is 5.10 Å². The van der Waals surface area contributed by atoms with E-state index in [4.69, 9.17) is 0 Å². The summed E-state index contributed by atoms with van der Waals surface area (Å²) in [5.74, 6) is 0. The molecule has 0 aliphatic carbocycles. The molecule has 1 fully saturated rings. The molecule has 2 aromatic rings. The number of likely N-dealkylation sites (N-methyl/N-ethyl adjacent to an activating group) is 1. The van der Waals surface area contributed by atoms with Crippen LogP contribution in [0.2, 0.25) is 0 Å². The van der Waals surface area contributed by atoms with Crippen molar-refractivity contribution < 1.29 is 0 Å². The third-order valence-corrected chi connectivity index (χ3v) is 3.12. The van der Waals surface area contributed by atoms with Crippen LogP contribution in [0.4, 0.5) is 0 Å². The average molecular weight is 202 g/mol. The minimum absolute atomic E-state index is 0.607. The van der Waals surface area contributed by atoms with Crippen LogP contribution in [-0.4, -0.2) is 39.8 Å². The van der Waals surface area contributed by atoms with E-state index in [1.807, 2.05) is 6.07 Å². The number of aromatic nitrogens is 3. The van der Waals surface area contributed by atoms with E-state index in [-0.39, 0.29) is 0 Å². The van der Waals surface area contributed by atoms with Gasteiger partial charge < -0.3 is 9.47 Å². The van der Waals surface area contributed by atoms with Crippen molar-refractivity contribution >= 4 is 11.0 Å². The molecular weight excluding hydrogens is 188 g/mol. The SMILES string of the molecule is Cc1cn(C2CN(C)C2)c2ccnnc12. The van der Waals surface area contributed by atoms with E-state index in [1.165, 1.54) is 11.1 Å². The van der Waals surface area contributed by atoms with Crippen LogP contribution in [0.1, 0.15) is 11.6 Å². The van der Waals surface area contributed by atoms with Crippen LogP contribution in [0.15, 0.2) is 18.5 Å². The highest BCUT2D eigenvalue weighted by Gasteiger charge is 2.26. The molecule has 0 aromatic carbocycles. The zero-order valence-corrected chi connectivity index (χ0v) is 9.01. The van der Waals surface area contributed by atoms with E-state index in [1.54, 1.807) is 6.20 Å². The molecule has 0 radical (unpaired) electrons. The first kappa shape index (κ1) is 8.85. The maximum Gasteiger partial charge on any atom is 0.114 e. The second-order valence-corrected chi connectivity index (χ2v) is 4.36. The molecule has 78 valence electrons. The summed E-state index contributed by atoms with van der Waals surface area (Å²) in [5.41, 5.74) is 3.46. The standard InChI is InChI=1S/C11H14N4/c1-8-5-15(9-6-14(2)7-9)10-3-4-12-13-11(8)10/h3-5,9H,6-7H2,1-2H3. The van der Waals surface area contributed by atoms with Crippen LogP contribution < -0.4 is 0 Å². The Bertz CT molecular complexity index is 496. The van der Waals surface area contributed by atoms with Crippen molar-refractivity contribution in [2.45, 2.75) is 13.0 Å². The van der Waals surface area contributed by atoms with E-state index in [0.29, 0.717) is 6.04 Å². The Morgan fingerprint density at radius 3 is 2.93 bits per heavy atom. The van der Waals surface area contributed by atoms with Crippen molar-refractivity contribution in [1.82, 2.24) is 19.7 Å². The fourth-order valence-electron chi connectivity index (χ4n) is 2.30. The summed E-state index contributed by atoms with van der Waals surface area (Å²) in [5, 5.41) is 8.11. The Morgan fingerprint density at radius 1 is 1.40 bits per heavy atom. The Balaban J connectivity index is 2.11. The van der Waals surface area contributed by atoms with Gasteiger partial charge in [-0.1, -0.05) is 0 Å². The van der Waals surface area contributed by atoms with Gasteiger partial charge in [-0.3, -0.25) is 0 Å². The van der Waals surface area contributed by atoms with Crippen molar-refractivity contribution in [2.75, 3.05) is 20.1 Å². The molecule has 1 saturated heterocycles. The summed E-state index contributed by atoms with van der Waals surface area (Å²) in [6.45, 7) is 4.35. The van der Waals surface area contributed by atoms with Gasteiger partial charge in [0.2, 0.25) is 0 Å². The predicted molar refractivity (Wildman–Crippen MR) is 58.8 cm³/mol. The average Bonchev–Trinajstić information content (AvgIpc) is 2.52. The first-order valence-corrected chi connectivity index (χ1v) is 5.23. The number of hydrogen-bond acceptors (Lipinski definition) is 3. The van der Waals surface area contributed by atoms with Gasteiger partial charge in [-0.05, 0) is 25.6 Å². The van der Waals surface area contributed by atoms with E-state index < -0.39 is 0 Å². The highest BCUT2D eigenvalue weighted by atomic mass is 15.2. The highest BCUT2D eigenvalue weighted by molar-refractivity contribution is 5.78. The van der Waals surface area contributed by atoms with Crippen molar-refractivity contribution in [3.05, 3.63) is 24.0 Å². The van der Waals surface area contributed by atoms with Crippen molar-refractivity contribution in [3.63, 3.8) is 0 Å². The molecule has 1 aliphatic rings. The lowest BCUT2D eigenvalue weighted by atomic mass is 10.1. The topological polar surface area (TPSA) is 34.0 Å². The van der Waals surface area contributed by atoms with E-state index in [9.17, 15) is 0 Å². The maximum absolute atomic E-state index is 4.18. The van der Waals surface area contributed by atoms with E-state index >= 15 is 0 Å². The molecule has 0 bridgehead atoms. The highest BCUT2D eigenvalue weighted by Crippen LogP contribution is 2.26. The largest absolute Gasteiger partial charge is 0.340 e. The van der Waals surface area contributed by atoms with Crippen LogP contribution in [0.25, 0.3) is 11.0 Å². The third-order valence-electron chi connectivity index (χ3n) is 3.12. The number of aryl methyl sites for hydroxylation is 1. The zero-order chi connectivity index (χ0) is 10.4. The molecule has 0 N–H and O–H groups in total. The van der Waals surface area contributed by atoms with Crippen molar-refractivity contribution in [1.29, 1.82) is 0 Å². The van der Waals surface area contributed by atoms with Gasteiger partial charge >= 0.3 is 0 Å². The molecule has 0 spiro atoms. The lowest BCUT2D eigenvalue weighted by molar-refractivity contribution is 0.144. The number of hydrogen-bond donors (Lipinski definition) is 0. The zero-order valence-electron chi connectivity index (χ0n) is 9.01. The molecule has 3 rings (SSSR count).